The number of nitriles is 1. The molecule has 0 bridgehead atoms. The molecule has 104 valence electrons. The molecule has 2 aliphatic heterocycles. The van der Waals surface area contributed by atoms with Crippen molar-refractivity contribution in [3.05, 3.63) is 33.8 Å². The molecule has 2 N–H and O–H groups in total. The second kappa shape index (κ2) is 4.83. The van der Waals surface area contributed by atoms with E-state index in [1.807, 2.05) is 6.07 Å². The van der Waals surface area contributed by atoms with Crippen LogP contribution in [0.15, 0.2) is 12.1 Å². The topological polar surface area (TPSA) is 76.4 Å². The number of nitrogens with one attached hydrogen (secondary N) is 1. The van der Waals surface area contributed by atoms with Gasteiger partial charge >= 0.3 is 0 Å². The summed E-state index contributed by atoms with van der Waals surface area (Å²) in [7, 11) is 0. The minimum absolute atomic E-state index is 0.0427. The largest absolute Gasteiger partial charge is 0.391 e. The Kier molecular flexibility index (Phi) is 3.27. The van der Waals surface area contributed by atoms with Crippen LogP contribution in [0, 0.1) is 18.3 Å². The molecule has 2 fully saturated rings. The number of ketones is 1. The molecule has 0 radical (unpaired) electrons. The molecule has 0 aliphatic carbocycles. The number of halogens is 1. The highest BCUT2D eigenvalue weighted by Gasteiger charge is 2.48. The number of fused-ring (bicyclic) bond motifs is 1. The molecule has 3 atom stereocenters. The van der Waals surface area contributed by atoms with Crippen LogP contribution in [0.2, 0.25) is 5.02 Å². The van der Waals surface area contributed by atoms with Gasteiger partial charge in [0.25, 0.3) is 0 Å². The van der Waals surface area contributed by atoms with Crippen LogP contribution in [0.3, 0.4) is 0 Å². The van der Waals surface area contributed by atoms with Crippen molar-refractivity contribution in [2.75, 3.05) is 6.54 Å². The maximum Gasteiger partial charge on any atom is 0.176 e. The van der Waals surface area contributed by atoms with Crippen LogP contribution in [0.1, 0.15) is 29.2 Å². The molecule has 0 amide bonds. The van der Waals surface area contributed by atoms with Crippen molar-refractivity contribution in [1.29, 1.82) is 5.26 Å². The average Bonchev–Trinajstić information content (AvgIpc) is 2.95. The van der Waals surface area contributed by atoms with Gasteiger partial charge in [0, 0.05) is 6.54 Å². The van der Waals surface area contributed by atoms with Crippen LogP contribution < -0.4 is 5.43 Å². The number of hydrazine groups is 1. The summed E-state index contributed by atoms with van der Waals surface area (Å²) in [6, 6.07) is 4.42. The van der Waals surface area contributed by atoms with E-state index in [4.69, 9.17) is 16.9 Å². The molecular formula is C14H14ClN3O2. The molecule has 3 unspecified atom stereocenters. The minimum atomic E-state index is -0.617. The first-order chi connectivity index (χ1) is 9.54. The number of carbonyl (C=O) groups is 1. The highest BCUT2D eigenvalue weighted by atomic mass is 35.5. The summed E-state index contributed by atoms with van der Waals surface area (Å²) >= 11 is 6.15. The minimum Gasteiger partial charge on any atom is -0.391 e. The summed E-state index contributed by atoms with van der Waals surface area (Å²) in [4.78, 5) is 12.4. The van der Waals surface area contributed by atoms with Crippen molar-refractivity contribution in [1.82, 2.24) is 10.4 Å². The first-order valence-electron chi connectivity index (χ1n) is 6.48. The van der Waals surface area contributed by atoms with E-state index in [1.54, 1.807) is 24.1 Å². The molecule has 5 nitrogen and oxygen atoms in total. The highest BCUT2D eigenvalue weighted by Crippen LogP contribution is 2.34. The second-order valence-corrected chi connectivity index (χ2v) is 5.59. The van der Waals surface area contributed by atoms with Crippen molar-refractivity contribution in [2.45, 2.75) is 31.5 Å². The van der Waals surface area contributed by atoms with Crippen molar-refractivity contribution >= 4 is 17.4 Å². The Balaban J connectivity index is 1.98. The third-order valence-electron chi connectivity index (χ3n) is 4.10. The average molecular weight is 292 g/mol. The van der Waals surface area contributed by atoms with Crippen molar-refractivity contribution in [3.63, 3.8) is 0 Å². The third kappa shape index (κ3) is 1.85. The lowest BCUT2D eigenvalue weighted by atomic mass is 9.94. The number of hydrogen-bond acceptors (Lipinski definition) is 5. The summed E-state index contributed by atoms with van der Waals surface area (Å²) in [6.45, 7) is 2.45. The maximum atomic E-state index is 12.4. The van der Waals surface area contributed by atoms with Gasteiger partial charge < -0.3 is 5.11 Å². The lowest BCUT2D eigenvalue weighted by Gasteiger charge is -2.16. The lowest BCUT2D eigenvalue weighted by Crippen LogP contribution is -2.37. The van der Waals surface area contributed by atoms with Gasteiger partial charge in [-0.2, -0.15) is 5.26 Å². The van der Waals surface area contributed by atoms with Gasteiger partial charge in [-0.3, -0.25) is 4.79 Å². The molecule has 1 aromatic rings. The van der Waals surface area contributed by atoms with Crippen molar-refractivity contribution in [2.24, 2.45) is 0 Å². The number of nitrogens with zero attached hydrogens (tertiary/aromatic N) is 2. The van der Waals surface area contributed by atoms with E-state index < -0.39 is 18.2 Å². The van der Waals surface area contributed by atoms with Gasteiger partial charge in [-0.25, -0.2) is 10.4 Å². The first kappa shape index (κ1) is 13.5. The molecule has 3 rings (SSSR count). The van der Waals surface area contributed by atoms with Crippen molar-refractivity contribution < 1.29 is 9.90 Å². The smallest absolute Gasteiger partial charge is 0.176 e. The van der Waals surface area contributed by atoms with Crippen LogP contribution in [-0.2, 0) is 4.79 Å². The lowest BCUT2D eigenvalue weighted by molar-refractivity contribution is -0.122. The van der Waals surface area contributed by atoms with E-state index in [0.717, 1.165) is 11.1 Å². The molecular weight excluding hydrogens is 278 g/mol. The van der Waals surface area contributed by atoms with Crippen LogP contribution in [-0.4, -0.2) is 34.6 Å². The Morgan fingerprint density at radius 3 is 2.95 bits per heavy atom. The Labute approximate surface area is 121 Å². The van der Waals surface area contributed by atoms with E-state index in [0.29, 0.717) is 23.6 Å². The summed E-state index contributed by atoms with van der Waals surface area (Å²) in [5.41, 5.74) is 5.03. The summed E-state index contributed by atoms with van der Waals surface area (Å²) in [5.74, 6) is -0.0427. The van der Waals surface area contributed by atoms with E-state index in [1.165, 1.54) is 0 Å². The fourth-order valence-corrected chi connectivity index (χ4v) is 3.20. The molecule has 1 aromatic carbocycles. The zero-order valence-corrected chi connectivity index (χ0v) is 11.7. The number of carbonyl (C=O) groups excluding carboxylic acids is 1. The Hall–Kier alpha value is -1.45. The Bertz CT molecular complexity index is 626. The van der Waals surface area contributed by atoms with Crippen molar-refractivity contribution in [3.8, 4) is 6.07 Å². The molecule has 0 saturated carbocycles. The van der Waals surface area contributed by atoms with Crippen LogP contribution in [0.4, 0.5) is 0 Å². The summed E-state index contributed by atoms with van der Waals surface area (Å²) in [6.07, 6.45) is -0.0161. The second-order valence-electron chi connectivity index (χ2n) is 5.21. The molecule has 0 spiro atoms. The summed E-state index contributed by atoms with van der Waals surface area (Å²) in [5, 5.41) is 21.0. The van der Waals surface area contributed by atoms with Crippen LogP contribution >= 0.6 is 11.6 Å². The van der Waals surface area contributed by atoms with Gasteiger partial charge in [-0.1, -0.05) is 17.7 Å². The van der Waals surface area contributed by atoms with Gasteiger partial charge in [0.1, 0.15) is 18.2 Å². The highest BCUT2D eigenvalue weighted by molar-refractivity contribution is 6.32. The quantitative estimate of drug-likeness (QED) is 0.810. The van der Waals surface area contributed by atoms with Crippen LogP contribution in [0.5, 0.6) is 0 Å². The van der Waals surface area contributed by atoms with Gasteiger partial charge in [-0.15, -0.1) is 0 Å². The van der Waals surface area contributed by atoms with Gasteiger partial charge in [0.15, 0.2) is 5.78 Å². The number of Topliss-reactive ketones (excluding diaryl/α,β-unsaturated/α-hetero) is 1. The first-order valence-corrected chi connectivity index (χ1v) is 6.86. The standard InChI is InChI=1S/C14H14ClN3O2/c1-7-9(3-2-8(6-16)11(7)15)12-14(20)13-10(19)4-5-18(13)17-12/h2-3,10,12-13,17,19H,4-5H2,1H3. The van der Waals surface area contributed by atoms with E-state index in [-0.39, 0.29) is 5.78 Å². The van der Waals surface area contributed by atoms with Gasteiger partial charge in [0.05, 0.1) is 16.7 Å². The van der Waals surface area contributed by atoms with Gasteiger partial charge in [0.2, 0.25) is 0 Å². The molecule has 0 aromatic heterocycles. The fourth-order valence-electron chi connectivity index (χ4n) is 2.99. The number of hydrogen-bond donors (Lipinski definition) is 2. The monoisotopic (exact) mass is 291 g/mol. The predicted molar refractivity (Wildman–Crippen MR) is 72.9 cm³/mol. The number of aliphatic hydroxyl groups is 1. The predicted octanol–water partition coefficient (Wildman–Crippen LogP) is 1.08. The Morgan fingerprint density at radius 1 is 1.55 bits per heavy atom. The van der Waals surface area contributed by atoms with Crippen LogP contribution in [0.25, 0.3) is 0 Å². The molecule has 2 saturated heterocycles. The third-order valence-corrected chi connectivity index (χ3v) is 4.58. The number of aliphatic hydroxyl groups excluding tert-OH is 1. The molecule has 6 heteroatoms. The van der Waals surface area contributed by atoms with E-state index in [9.17, 15) is 9.90 Å². The molecule has 20 heavy (non-hydrogen) atoms. The maximum absolute atomic E-state index is 12.4. The van der Waals surface area contributed by atoms with Gasteiger partial charge in [-0.05, 0) is 30.5 Å². The Morgan fingerprint density at radius 2 is 2.30 bits per heavy atom. The molecule has 2 aliphatic rings. The van der Waals surface area contributed by atoms with E-state index >= 15 is 0 Å². The normalized spacial score (nSPS) is 29.5. The summed E-state index contributed by atoms with van der Waals surface area (Å²) < 4.78 is 0. The SMILES string of the molecule is Cc1c(C2NN3CCC(O)C3C2=O)ccc(C#N)c1Cl. The fraction of sp³-hybridized carbons (Fsp3) is 0.429. The number of benzene rings is 1. The zero-order chi connectivity index (χ0) is 14.4. The number of rotatable bonds is 1. The zero-order valence-electron chi connectivity index (χ0n) is 10.9. The van der Waals surface area contributed by atoms with E-state index in [2.05, 4.69) is 5.43 Å². The molecule has 2 heterocycles.